The van der Waals surface area contributed by atoms with Gasteiger partial charge in [0.05, 0.1) is 21.0 Å². The van der Waals surface area contributed by atoms with Crippen molar-refractivity contribution in [3.63, 3.8) is 0 Å². The van der Waals surface area contributed by atoms with Gasteiger partial charge in [0.1, 0.15) is 12.9 Å². The molecular weight excluding hydrogens is 445 g/mol. The van der Waals surface area contributed by atoms with Crippen LogP contribution < -0.4 is 68.9 Å². The van der Waals surface area contributed by atoms with Gasteiger partial charge in [-0.25, -0.2) is 0 Å². The van der Waals surface area contributed by atoms with E-state index in [4.69, 9.17) is 9.84 Å². The largest absolute Gasteiger partial charge is 1.00 e. The molecule has 0 spiro atoms. The summed E-state index contributed by atoms with van der Waals surface area (Å²) in [6.07, 6.45) is 14.8. The molecule has 1 N–H and O–H groups in total. The van der Waals surface area contributed by atoms with E-state index in [1.54, 1.807) is 0 Å². The van der Waals surface area contributed by atoms with E-state index in [9.17, 15) is 19.1 Å². The fraction of sp³-hybridized carbons (Fsp3) is 0.950. The van der Waals surface area contributed by atoms with Gasteiger partial charge in [0, 0.05) is 6.42 Å². The van der Waals surface area contributed by atoms with Crippen LogP contribution in [0.4, 0.5) is 0 Å². The number of rotatable bonds is 21. The first-order valence-electron chi connectivity index (χ1n) is 10.9. The van der Waals surface area contributed by atoms with Crippen molar-refractivity contribution in [2.24, 2.45) is 0 Å². The maximum atomic E-state index is 11.8. The number of aliphatic hydroxyl groups is 1. The van der Waals surface area contributed by atoms with Crippen LogP contribution in [0.1, 0.15) is 96.8 Å². The molecule has 11 heteroatoms. The molecule has 0 unspecified atom stereocenters. The third-order valence-corrected chi connectivity index (χ3v) is 5.06. The van der Waals surface area contributed by atoms with Gasteiger partial charge in [-0.3, -0.25) is 4.79 Å². The molecule has 8 nitrogen and oxygen atoms in total. The smallest absolute Gasteiger partial charge is 0.790 e. The minimum atomic E-state index is -5.16. The van der Waals surface area contributed by atoms with Crippen LogP contribution in [-0.2, 0) is 23.4 Å². The first-order chi connectivity index (χ1) is 13.9. The van der Waals surface area contributed by atoms with E-state index in [0.717, 1.165) is 19.3 Å². The van der Waals surface area contributed by atoms with Gasteiger partial charge < -0.3 is 33.5 Å². The minimum Gasteiger partial charge on any atom is -0.790 e. The first kappa shape index (κ1) is 37.1. The summed E-state index contributed by atoms with van der Waals surface area (Å²) in [6.45, 7) is 0.754. The summed E-state index contributed by atoms with van der Waals surface area (Å²) in [6, 6.07) is 0. The Labute approximate surface area is 232 Å². The molecule has 0 saturated heterocycles. The van der Waals surface area contributed by atoms with E-state index in [1.807, 2.05) is 0 Å². The Morgan fingerprint density at radius 1 is 0.839 bits per heavy atom. The molecule has 0 fully saturated rings. The van der Waals surface area contributed by atoms with Crippen molar-refractivity contribution in [2.45, 2.75) is 103 Å². The quantitative estimate of drug-likeness (QED) is 0.0609. The number of phosphoric ester groups is 1. The summed E-state index contributed by atoms with van der Waals surface area (Å²) in [5.74, 6) is -0.505. The molecule has 0 amide bonds. The average molecular weight is 484 g/mol. The fourth-order valence-electron chi connectivity index (χ4n) is 3.01. The molecule has 174 valence electrons. The number of ether oxygens (including phenoxy) is 2. The van der Waals surface area contributed by atoms with E-state index in [2.05, 4.69) is 16.2 Å². The summed E-state index contributed by atoms with van der Waals surface area (Å²) in [7, 11) is -5.16. The Morgan fingerprint density at radius 2 is 1.29 bits per heavy atom. The van der Waals surface area contributed by atoms with Gasteiger partial charge in [0.2, 0.25) is 0 Å². The van der Waals surface area contributed by atoms with Gasteiger partial charge in [0.15, 0.2) is 0 Å². The molecule has 0 aliphatic rings. The van der Waals surface area contributed by atoms with Gasteiger partial charge in [-0.15, -0.1) is 0 Å². The summed E-state index contributed by atoms with van der Waals surface area (Å²) in [5.41, 5.74) is 0. The molecule has 0 saturated carbocycles. The number of esters is 1. The van der Waals surface area contributed by atoms with Crippen molar-refractivity contribution in [1.82, 2.24) is 0 Å². The van der Waals surface area contributed by atoms with Gasteiger partial charge in [-0.05, 0) is 6.42 Å². The van der Waals surface area contributed by atoms with Crippen molar-refractivity contribution in [2.75, 3.05) is 20.0 Å². The van der Waals surface area contributed by atoms with Crippen LogP contribution in [-0.4, -0.2) is 37.2 Å². The average Bonchev–Trinajstić information content (AvgIpc) is 2.67. The Balaban J connectivity index is -0.00000392. The number of phosphoric acid groups is 1. The molecule has 1 atom stereocenters. The Bertz CT molecular complexity index is 437. The van der Waals surface area contributed by atoms with Gasteiger partial charge in [-0.1, -0.05) is 84.0 Å². The number of hydrogen-bond acceptors (Lipinski definition) is 8. The van der Waals surface area contributed by atoms with Crippen LogP contribution in [0.15, 0.2) is 0 Å². The van der Waals surface area contributed by atoms with Crippen molar-refractivity contribution in [3.05, 3.63) is 0 Å². The second kappa shape index (κ2) is 26.1. The van der Waals surface area contributed by atoms with Crippen molar-refractivity contribution < 1.29 is 97.4 Å². The molecule has 0 heterocycles. The molecule has 0 aromatic carbocycles. The van der Waals surface area contributed by atoms with Crippen LogP contribution in [0.3, 0.4) is 0 Å². The zero-order valence-electron chi connectivity index (χ0n) is 19.9. The van der Waals surface area contributed by atoms with E-state index in [-0.39, 0.29) is 72.1 Å². The van der Waals surface area contributed by atoms with Crippen LogP contribution >= 0.6 is 7.82 Å². The van der Waals surface area contributed by atoms with Gasteiger partial charge in [-0.2, -0.15) is 0 Å². The van der Waals surface area contributed by atoms with Crippen molar-refractivity contribution >= 4 is 13.8 Å². The van der Waals surface area contributed by atoms with E-state index >= 15 is 0 Å². The molecule has 0 aromatic heterocycles. The third kappa shape index (κ3) is 29.5. The van der Waals surface area contributed by atoms with E-state index in [0.29, 0.717) is 6.42 Å². The van der Waals surface area contributed by atoms with Crippen LogP contribution in [0.5, 0.6) is 0 Å². The zero-order chi connectivity index (χ0) is 21.8. The predicted molar refractivity (Wildman–Crippen MR) is 107 cm³/mol. The van der Waals surface area contributed by atoms with E-state index < -0.39 is 33.3 Å². The monoisotopic (exact) mass is 484 g/mol. The Hall–Kier alpha value is 1.50. The summed E-state index contributed by atoms with van der Waals surface area (Å²) < 4.78 is 24.4. The zero-order valence-corrected chi connectivity index (χ0v) is 24.7. The summed E-state index contributed by atoms with van der Waals surface area (Å²) >= 11 is 0. The first-order valence-corrected chi connectivity index (χ1v) is 12.4. The molecule has 0 bridgehead atoms. The second-order valence-corrected chi connectivity index (χ2v) is 8.50. The number of unbranched alkanes of at least 4 members (excludes halogenated alkanes) is 12. The maximum Gasteiger partial charge on any atom is 1.00 e. The topological polar surface area (TPSA) is 128 Å². The molecule has 0 aromatic rings. The van der Waals surface area contributed by atoms with Crippen LogP contribution in [0.2, 0.25) is 0 Å². The normalized spacial score (nSPS) is 12.0. The number of hydrogen-bond donors (Lipinski definition) is 1. The van der Waals surface area contributed by atoms with Crippen LogP contribution in [0.25, 0.3) is 0 Å². The summed E-state index contributed by atoms with van der Waals surface area (Å²) in [5, 5.41) is 8.63. The molecule has 31 heavy (non-hydrogen) atoms. The van der Waals surface area contributed by atoms with Gasteiger partial charge >= 0.3 is 65.1 Å². The van der Waals surface area contributed by atoms with Crippen molar-refractivity contribution in [1.29, 1.82) is 0 Å². The Kier molecular flexibility index (Phi) is 31.2. The molecular formula is C20H39Na2O8P. The molecule has 0 rings (SSSR count). The SMILES string of the molecule is CCCCCCCCCCCCCCCC(=O)O[C@@H](COCO)COP(=O)([O-])[O-].[Na+].[Na+]. The predicted octanol–water partition coefficient (Wildman–Crippen LogP) is -2.80. The molecule has 0 aliphatic carbocycles. The molecule has 0 aliphatic heterocycles. The number of aliphatic hydroxyl groups excluding tert-OH is 1. The Morgan fingerprint density at radius 3 is 1.71 bits per heavy atom. The fourth-order valence-corrected chi connectivity index (χ4v) is 3.36. The maximum absolute atomic E-state index is 11.8. The standard InChI is InChI=1S/C20H41O8P.2Na/c1-2-3-4-5-6-7-8-9-10-11-12-13-14-15-20(22)28-19(16-26-18-21)17-27-29(23,24)25;;/h19,21H,2-18H2,1H3,(H2,23,24,25);;/q;2*+1/p-2/t19-;;/m0../s1. The minimum absolute atomic E-state index is 0. The van der Waals surface area contributed by atoms with Gasteiger partial charge in [0.25, 0.3) is 0 Å². The van der Waals surface area contributed by atoms with E-state index in [1.165, 1.54) is 57.8 Å². The van der Waals surface area contributed by atoms with Crippen LogP contribution in [0, 0.1) is 0 Å². The second-order valence-electron chi connectivity index (χ2n) is 7.35. The summed E-state index contributed by atoms with van der Waals surface area (Å²) in [4.78, 5) is 32.9. The van der Waals surface area contributed by atoms with Crippen molar-refractivity contribution in [3.8, 4) is 0 Å². The number of carbonyl (C=O) groups excluding carboxylic acids is 1. The number of carbonyl (C=O) groups is 1. The third-order valence-electron chi connectivity index (χ3n) is 4.60. The molecule has 0 radical (unpaired) electrons.